The van der Waals surface area contributed by atoms with Crippen molar-refractivity contribution in [3.05, 3.63) is 48.0 Å². The Balaban J connectivity index is 1.62. The Labute approximate surface area is 151 Å². The second kappa shape index (κ2) is 7.44. The fourth-order valence-electron chi connectivity index (χ4n) is 2.49. The van der Waals surface area contributed by atoms with E-state index >= 15 is 0 Å². The standard InChI is InChI=1S/C17H15F3N4O3/c18-17(19,20)27-12-3-1-2-11(9-12)23-16(26)24-15(25)10-4-5-13-14(8-10)22-7-6-21-13/h1-5,8-9,21-22H,6-7H2,(H2,23,24,25,26). The van der Waals surface area contributed by atoms with Gasteiger partial charge in [0, 0.05) is 30.4 Å². The van der Waals surface area contributed by atoms with Crippen LogP contribution in [0.3, 0.4) is 0 Å². The van der Waals surface area contributed by atoms with Gasteiger partial charge >= 0.3 is 12.4 Å². The van der Waals surface area contributed by atoms with Gasteiger partial charge in [-0.3, -0.25) is 10.1 Å². The lowest BCUT2D eigenvalue weighted by molar-refractivity contribution is -0.274. The summed E-state index contributed by atoms with van der Waals surface area (Å²) in [5.74, 6) is -1.13. The molecule has 0 aromatic heterocycles. The number of nitrogens with one attached hydrogen (secondary N) is 4. The van der Waals surface area contributed by atoms with Crippen LogP contribution in [0.5, 0.6) is 5.75 Å². The molecule has 0 saturated heterocycles. The quantitative estimate of drug-likeness (QED) is 0.655. The normalized spacial score (nSPS) is 12.9. The molecule has 0 fully saturated rings. The SMILES string of the molecule is O=C(NC(=O)c1ccc2c(c1)NCCN2)Nc1cccc(OC(F)(F)F)c1. The molecule has 1 aliphatic rings. The van der Waals surface area contributed by atoms with Crippen LogP contribution in [0.4, 0.5) is 35.0 Å². The van der Waals surface area contributed by atoms with Crippen molar-refractivity contribution in [1.82, 2.24) is 5.32 Å². The van der Waals surface area contributed by atoms with Gasteiger partial charge in [0.15, 0.2) is 0 Å². The Bertz CT molecular complexity index is 871. The van der Waals surface area contributed by atoms with Crippen LogP contribution in [0.1, 0.15) is 10.4 Å². The Morgan fingerprint density at radius 3 is 2.48 bits per heavy atom. The molecule has 1 heterocycles. The molecular formula is C17H15F3N4O3. The molecule has 1 aliphatic heterocycles. The molecule has 0 radical (unpaired) electrons. The maximum absolute atomic E-state index is 12.2. The van der Waals surface area contributed by atoms with Gasteiger partial charge in [-0.1, -0.05) is 6.07 Å². The fourth-order valence-corrected chi connectivity index (χ4v) is 2.49. The van der Waals surface area contributed by atoms with E-state index in [2.05, 4.69) is 26.0 Å². The monoisotopic (exact) mass is 380 g/mol. The highest BCUT2D eigenvalue weighted by atomic mass is 19.4. The lowest BCUT2D eigenvalue weighted by atomic mass is 10.1. The van der Waals surface area contributed by atoms with Crippen LogP contribution in [-0.4, -0.2) is 31.4 Å². The molecule has 3 amide bonds. The van der Waals surface area contributed by atoms with E-state index in [1.54, 1.807) is 18.2 Å². The van der Waals surface area contributed by atoms with E-state index in [1.165, 1.54) is 12.1 Å². The molecule has 2 aromatic rings. The lowest BCUT2D eigenvalue weighted by Gasteiger charge is -2.20. The second-order valence-corrected chi connectivity index (χ2v) is 5.60. The van der Waals surface area contributed by atoms with Crippen molar-refractivity contribution < 1.29 is 27.5 Å². The number of alkyl halides is 3. The minimum absolute atomic E-state index is 0.0401. The summed E-state index contributed by atoms with van der Waals surface area (Å²) in [6.07, 6.45) is -4.84. The number of benzene rings is 2. The number of imide groups is 1. The summed E-state index contributed by atoms with van der Waals surface area (Å²) in [6, 6.07) is 8.71. The molecule has 7 nitrogen and oxygen atoms in total. The van der Waals surface area contributed by atoms with Gasteiger partial charge in [0.25, 0.3) is 5.91 Å². The summed E-state index contributed by atoms with van der Waals surface area (Å²) < 4.78 is 40.5. The first-order valence-corrected chi connectivity index (χ1v) is 7.90. The van der Waals surface area contributed by atoms with Crippen LogP contribution in [0.25, 0.3) is 0 Å². The summed E-state index contributed by atoms with van der Waals surface area (Å²) >= 11 is 0. The van der Waals surface area contributed by atoms with Gasteiger partial charge in [-0.15, -0.1) is 13.2 Å². The van der Waals surface area contributed by atoms with E-state index in [0.29, 0.717) is 6.54 Å². The summed E-state index contributed by atoms with van der Waals surface area (Å²) in [6.45, 7) is 1.47. The second-order valence-electron chi connectivity index (χ2n) is 5.60. The number of rotatable bonds is 3. The van der Waals surface area contributed by atoms with Gasteiger partial charge in [-0.25, -0.2) is 4.79 Å². The number of anilines is 3. The smallest absolute Gasteiger partial charge is 0.406 e. The summed E-state index contributed by atoms with van der Waals surface area (Å²) in [5.41, 5.74) is 1.89. The molecule has 0 aliphatic carbocycles. The number of amides is 3. The molecule has 0 spiro atoms. The molecule has 10 heteroatoms. The first kappa shape index (κ1) is 18.4. The van der Waals surface area contributed by atoms with Crippen LogP contribution in [-0.2, 0) is 0 Å². The number of hydrogen-bond acceptors (Lipinski definition) is 5. The van der Waals surface area contributed by atoms with Gasteiger partial charge in [0.1, 0.15) is 5.75 Å². The van der Waals surface area contributed by atoms with Crippen molar-refractivity contribution in [2.24, 2.45) is 0 Å². The Morgan fingerprint density at radius 2 is 1.74 bits per heavy atom. The Morgan fingerprint density at radius 1 is 1.00 bits per heavy atom. The van der Waals surface area contributed by atoms with Gasteiger partial charge in [-0.05, 0) is 30.3 Å². The van der Waals surface area contributed by atoms with E-state index in [1.807, 2.05) is 0 Å². The van der Waals surface area contributed by atoms with Crippen LogP contribution in [0.15, 0.2) is 42.5 Å². The van der Waals surface area contributed by atoms with E-state index in [-0.39, 0.29) is 11.3 Å². The molecule has 0 bridgehead atoms. The number of carbonyl (C=O) groups is 2. The number of urea groups is 1. The number of hydrogen-bond donors (Lipinski definition) is 4. The molecular weight excluding hydrogens is 365 g/mol. The molecule has 27 heavy (non-hydrogen) atoms. The molecule has 0 saturated carbocycles. The molecule has 4 N–H and O–H groups in total. The predicted molar refractivity (Wildman–Crippen MR) is 93.0 cm³/mol. The van der Waals surface area contributed by atoms with Crippen molar-refractivity contribution >= 4 is 29.0 Å². The molecule has 3 rings (SSSR count). The fraction of sp³-hybridized carbons (Fsp3) is 0.176. The van der Waals surface area contributed by atoms with Crippen molar-refractivity contribution in [3.63, 3.8) is 0 Å². The highest BCUT2D eigenvalue weighted by molar-refractivity contribution is 6.08. The number of carbonyl (C=O) groups excluding carboxylic acids is 2. The highest BCUT2D eigenvalue weighted by Gasteiger charge is 2.31. The molecule has 142 valence electrons. The first-order chi connectivity index (χ1) is 12.8. The zero-order valence-corrected chi connectivity index (χ0v) is 13.8. The summed E-state index contributed by atoms with van der Waals surface area (Å²) in [7, 11) is 0. The van der Waals surface area contributed by atoms with Crippen molar-refractivity contribution in [1.29, 1.82) is 0 Å². The van der Waals surface area contributed by atoms with Gasteiger partial charge in [0.05, 0.1) is 11.4 Å². The van der Waals surface area contributed by atoms with Crippen molar-refractivity contribution in [2.45, 2.75) is 6.36 Å². The van der Waals surface area contributed by atoms with E-state index in [9.17, 15) is 22.8 Å². The molecule has 2 aromatic carbocycles. The van der Waals surface area contributed by atoms with Crippen LogP contribution >= 0.6 is 0 Å². The van der Waals surface area contributed by atoms with Gasteiger partial charge in [-0.2, -0.15) is 0 Å². The van der Waals surface area contributed by atoms with Crippen LogP contribution in [0.2, 0.25) is 0 Å². The third kappa shape index (κ3) is 5.03. The summed E-state index contributed by atoms with van der Waals surface area (Å²) in [5, 5.41) is 10.7. The molecule has 0 atom stereocenters. The Hall–Kier alpha value is -3.43. The minimum Gasteiger partial charge on any atom is -0.406 e. The Kier molecular flexibility index (Phi) is 5.06. The lowest BCUT2D eigenvalue weighted by Crippen LogP contribution is -2.34. The maximum atomic E-state index is 12.2. The van der Waals surface area contributed by atoms with E-state index in [0.717, 1.165) is 30.1 Å². The highest BCUT2D eigenvalue weighted by Crippen LogP contribution is 2.26. The maximum Gasteiger partial charge on any atom is 0.573 e. The van der Waals surface area contributed by atoms with Crippen LogP contribution in [0, 0.1) is 0 Å². The zero-order valence-electron chi connectivity index (χ0n) is 13.8. The molecule has 0 unspecified atom stereocenters. The number of halogens is 3. The minimum atomic E-state index is -4.84. The number of fused-ring (bicyclic) bond motifs is 1. The van der Waals surface area contributed by atoms with Crippen LogP contribution < -0.4 is 26.0 Å². The van der Waals surface area contributed by atoms with E-state index < -0.39 is 24.1 Å². The number of ether oxygens (including phenoxy) is 1. The largest absolute Gasteiger partial charge is 0.573 e. The predicted octanol–water partition coefficient (Wildman–Crippen LogP) is 3.38. The van der Waals surface area contributed by atoms with Crippen molar-refractivity contribution in [3.8, 4) is 5.75 Å². The average molecular weight is 380 g/mol. The van der Waals surface area contributed by atoms with Gasteiger partial charge < -0.3 is 20.7 Å². The third-order valence-corrected chi connectivity index (χ3v) is 3.59. The zero-order chi connectivity index (χ0) is 19.4. The third-order valence-electron chi connectivity index (χ3n) is 3.59. The van der Waals surface area contributed by atoms with Gasteiger partial charge in [0.2, 0.25) is 0 Å². The van der Waals surface area contributed by atoms with E-state index in [4.69, 9.17) is 0 Å². The first-order valence-electron chi connectivity index (χ1n) is 7.90. The topological polar surface area (TPSA) is 91.5 Å². The average Bonchev–Trinajstić information content (AvgIpc) is 2.60. The van der Waals surface area contributed by atoms with Crippen molar-refractivity contribution in [2.75, 3.05) is 29.0 Å². The summed E-state index contributed by atoms with van der Waals surface area (Å²) in [4.78, 5) is 24.1.